The average Bonchev–Trinajstić information content (AvgIpc) is 3.22. The minimum absolute atomic E-state index is 0.565. The Morgan fingerprint density at radius 1 is 0.536 bits per heavy atom. The second kappa shape index (κ2) is 6.91. The molecular formula is C24H17BO2S. The van der Waals surface area contributed by atoms with Crippen LogP contribution in [0.1, 0.15) is 0 Å². The zero-order valence-corrected chi connectivity index (χ0v) is 15.9. The number of thiophene rings is 1. The molecule has 0 fully saturated rings. The first-order chi connectivity index (χ1) is 13.7. The van der Waals surface area contributed by atoms with Crippen LogP contribution in [-0.2, 0) is 0 Å². The van der Waals surface area contributed by atoms with Gasteiger partial charge in [0.15, 0.2) is 0 Å². The fourth-order valence-electron chi connectivity index (χ4n) is 3.94. The van der Waals surface area contributed by atoms with Crippen LogP contribution in [0.2, 0.25) is 0 Å². The molecule has 0 unspecified atom stereocenters. The van der Waals surface area contributed by atoms with E-state index in [0.717, 1.165) is 27.1 Å². The summed E-state index contributed by atoms with van der Waals surface area (Å²) in [4.78, 5) is 2.39. The van der Waals surface area contributed by atoms with Crippen LogP contribution >= 0.6 is 11.3 Å². The molecule has 0 atom stereocenters. The van der Waals surface area contributed by atoms with Crippen molar-refractivity contribution in [2.75, 3.05) is 0 Å². The largest absolute Gasteiger partial charge is 0.489 e. The van der Waals surface area contributed by atoms with Gasteiger partial charge in [-0.3, -0.25) is 0 Å². The minimum Gasteiger partial charge on any atom is -0.423 e. The van der Waals surface area contributed by atoms with Crippen molar-refractivity contribution >= 4 is 45.5 Å². The summed E-state index contributed by atoms with van der Waals surface area (Å²) in [5, 5.41) is 24.0. The maximum atomic E-state index is 10.1. The molecule has 0 saturated heterocycles. The van der Waals surface area contributed by atoms with Gasteiger partial charge in [0.1, 0.15) is 0 Å². The van der Waals surface area contributed by atoms with Crippen molar-refractivity contribution in [3.8, 4) is 20.9 Å². The van der Waals surface area contributed by atoms with Gasteiger partial charge in [0.25, 0.3) is 0 Å². The molecule has 2 nitrogen and oxygen atoms in total. The topological polar surface area (TPSA) is 40.5 Å². The lowest BCUT2D eigenvalue weighted by molar-refractivity contribution is 0.426. The molecule has 0 bridgehead atoms. The normalized spacial score (nSPS) is 11.2. The monoisotopic (exact) mass is 380 g/mol. The Labute approximate surface area is 167 Å². The van der Waals surface area contributed by atoms with Crippen molar-refractivity contribution in [3.05, 3.63) is 91.0 Å². The van der Waals surface area contributed by atoms with E-state index in [1.54, 1.807) is 11.3 Å². The van der Waals surface area contributed by atoms with E-state index in [0.29, 0.717) is 5.46 Å². The molecule has 0 radical (unpaired) electrons. The minimum atomic E-state index is -1.52. The predicted octanol–water partition coefficient (Wildman–Crippen LogP) is 5.07. The quantitative estimate of drug-likeness (QED) is 0.339. The van der Waals surface area contributed by atoms with E-state index in [1.165, 1.54) is 15.3 Å². The van der Waals surface area contributed by atoms with Crippen LogP contribution in [0.5, 0.6) is 0 Å². The lowest BCUT2D eigenvalue weighted by atomic mass is 9.73. The first kappa shape index (κ1) is 17.2. The number of rotatable bonds is 3. The highest BCUT2D eigenvalue weighted by Crippen LogP contribution is 2.41. The van der Waals surface area contributed by atoms with Gasteiger partial charge < -0.3 is 10.0 Å². The molecule has 0 aliphatic carbocycles. The summed E-state index contributed by atoms with van der Waals surface area (Å²) in [6, 6.07) is 30.6. The second-order valence-corrected chi connectivity index (χ2v) is 7.87. The van der Waals surface area contributed by atoms with Gasteiger partial charge in [-0.15, -0.1) is 11.3 Å². The zero-order valence-electron chi connectivity index (χ0n) is 15.0. The molecule has 0 amide bonds. The third-order valence-corrected chi connectivity index (χ3v) is 6.29. The van der Waals surface area contributed by atoms with E-state index in [9.17, 15) is 10.0 Å². The highest BCUT2D eigenvalue weighted by atomic mass is 32.1. The van der Waals surface area contributed by atoms with E-state index in [2.05, 4.69) is 48.5 Å². The Morgan fingerprint density at radius 2 is 1.04 bits per heavy atom. The maximum Gasteiger partial charge on any atom is 0.489 e. The van der Waals surface area contributed by atoms with E-state index in [-0.39, 0.29) is 0 Å². The zero-order chi connectivity index (χ0) is 19.1. The highest BCUT2D eigenvalue weighted by molar-refractivity contribution is 7.19. The molecule has 1 aromatic heterocycles. The van der Waals surface area contributed by atoms with Crippen molar-refractivity contribution < 1.29 is 10.0 Å². The predicted molar refractivity (Wildman–Crippen MR) is 120 cm³/mol. The van der Waals surface area contributed by atoms with Crippen LogP contribution in [0.4, 0.5) is 0 Å². The van der Waals surface area contributed by atoms with Crippen LogP contribution in [0.25, 0.3) is 42.4 Å². The van der Waals surface area contributed by atoms with Gasteiger partial charge in [0.05, 0.1) is 0 Å². The summed E-state index contributed by atoms with van der Waals surface area (Å²) in [5.41, 5.74) is 2.91. The summed E-state index contributed by atoms with van der Waals surface area (Å²) >= 11 is 1.76. The van der Waals surface area contributed by atoms with Gasteiger partial charge in [-0.2, -0.15) is 0 Å². The van der Waals surface area contributed by atoms with Crippen LogP contribution in [0, 0.1) is 0 Å². The van der Waals surface area contributed by atoms with Gasteiger partial charge in [-0.25, -0.2) is 0 Å². The Hall–Kier alpha value is -2.92. The third kappa shape index (κ3) is 2.74. The molecule has 2 N–H and O–H groups in total. The van der Waals surface area contributed by atoms with Crippen molar-refractivity contribution in [3.63, 3.8) is 0 Å². The first-order valence-corrected chi connectivity index (χ1v) is 10.0. The van der Waals surface area contributed by atoms with Crippen LogP contribution in [-0.4, -0.2) is 17.2 Å². The smallest absolute Gasteiger partial charge is 0.423 e. The number of hydrogen-bond donors (Lipinski definition) is 2. The number of fused-ring (bicyclic) bond motifs is 2. The molecule has 0 saturated carbocycles. The molecule has 0 spiro atoms. The summed E-state index contributed by atoms with van der Waals surface area (Å²) in [7, 11) is -1.52. The van der Waals surface area contributed by atoms with Crippen molar-refractivity contribution in [1.82, 2.24) is 0 Å². The molecule has 134 valence electrons. The van der Waals surface area contributed by atoms with Gasteiger partial charge >= 0.3 is 7.12 Å². The number of hydrogen-bond acceptors (Lipinski definition) is 3. The van der Waals surface area contributed by atoms with Gasteiger partial charge in [0.2, 0.25) is 0 Å². The third-order valence-electron chi connectivity index (χ3n) is 5.14. The van der Waals surface area contributed by atoms with Crippen LogP contribution < -0.4 is 5.46 Å². The van der Waals surface area contributed by atoms with Crippen molar-refractivity contribution in [2.24, 2.45) is 0 Å². The Bertz CT molecular complexity index is 1240. The lowest BCUT2D eigenvalue weighted by Crippen LogP contribution is -2.31. The Morgan fingerprint density at radius 3 is 1.61 bits per heavy atom. The average molecular weight is 380 g/mol. The fraction of sp³-hybridized carbons (Fsp3) is 0. The fourth-order valence-corrected chi connectivity index (χ4v) is 5.02. The molecule has 4 aromatic carbocycles. The maximum absolute atomic E-state index is 10.1. The summed E-state index contributed by atoms with van der Waals surface area (Å²) < 4.78 is 0. The molecule has 4 heteroatoms. The summed E-state index contributed by atoms with van der Waals surface area (Å²) in [6.45, 7) is 0. The Kier molecular flexibility index (Phi) is 4.25. The molecular weight excluding hydrogens is 363 g/mol. The number of benzene rings is 4. The first-order valence-electron chi connectivity index (χ1n) is 9.19. The summed E-state index contributed by atoms with van der Waals surface area (Å²) in [5.74, 6) is 0. The van der Waals surface area contributed by atoms with E-state index < -0.39 is 7.12 Å². The van der Waals surface area contributed by atoms with E-state index in [1.807, 2.05) is 42.5 Å². The van der Waals surface area contributed by atoms with Gasteiger partial charge in [0, 0.05) is 15.3 Å². The molecule has 5 rings (SSSR count). The van der Waals surface area contributed by atoms with Crippen LogP contribution in [0.3, 0.4) is 0 Å². The van der Waals surface area contributed by atoms with Gasteiger partial charge in [-0.05, 0) is 44.7 Å². The lowest BCUT2D eigenvalue weighted by Gasteiger charge is -2.15. The molecule has 0 aliphatic heterocycles. The van der Waals surface area contributed by atoms with E-state index >= 15 is 0 Å². The SMILES string of the molecule is OB(O)c1c2ccccc2c(-c2ccc(-c3ccccc3)s2)c2ccccc12. The molecule has 1 heterocycles. The second-order valence-electron chi connectivity index (χ2n) is 6.78. The highest BCUT2D eigenvalue weighted by Gasteiger charge is 2.22. The Balaban J connectivity index is 1.85. The molecule has 5 aromatic rings. The van der Waals surface area contributed by atoms with Gasteiger partial charge in [-0.1, -0.05) is 78.9 Å². The van der Waals surface area contributed by atoms with Crippen LogP contribution in [0.15, 0.2) is 91.0 Å². The molecule has 0 aliphatic rings. The van der Waals surface area contributed by atoms with Crippen molar-refractivity contribution in [1.29, 1.82) is 0 Å². The summed E-state index contributed by atoms with van der Waals surface area (Å²) in [6.07, 6.45) is 0. The van der Waals surface area contributed by atoms with E-state index in [4.69, 9.17) is 0 Å². The standard InChI is InChI=1S/C24H17BO2S/c26-25(27)24-19-12-6-4-10-17(19)23(18-11-5-7-13-20(18)24)22-15-14-21(28-22)16-8-2-1-3-9-16/h1-15,26-27H. The van der Waals surface area contributed by atoms with Crippen molar-refractivity contribution in [2.45, 2.75) is 0 Å². The molecule has 28 heavy (non-hydrogen) atoms.